The topological polar surface area (TPSA) is 57.5 Å². The van der Waals surface area contributed by atoms with E-state index in [1.54, 1.807) is 13.2 Å². The van der Waals surface area contributed by atoms with Crippen LogP contribution in [0.15, 0.2) is 41.5 Å². The van der Waals surface area contributed by atoms with E-state index >= 15 is 0 Å². The van der Waals surface area contributed by atoms with Crippen LogP contribution in [0.4, 0.5) is 0 Å². The molecule has 2 aromatic rings. The van der Waals surface area contributed by atoms with Gasteiger partial charge in [0.15, 0.2) is 5.96 Å². The smallest absolute Gasteiger partial charge is 0.191 e. The van der Waals surface area contributed by atoms with Crippen LogP contribution in [0.2, 0.25) is 0 Å². The van der Waals surface area contributed by atoms with E-state index < -0.39 is 0 Å². The second-order valence-electron chi connectivity index (χ2n) is 5.96. The molecule has 1 heterocycles. The molecule has 26 heavy (non-hydrogen) atoms. The predicted molar refractivity (Wildman–Crippen MR) is 119 cm³/mol. The van der Waals surface area contributed by atoms with Crippen molar-refractivity contribution in [3.8, 4) is 0 Å². The molecule has 1 aromatic heterocycles. The van der Waals surface area contributed by atoms with Gasteiger partial charge in [-0.15, -0.1) is 24.0 Å². The highest BCUT2D eigenvalue weighted by Gasteiger charge is 2.07. The highest BCUT2D eigenvalue weighted by Crippen LogP contribution is 2.11. The molecule has 0 saturated carbocycles. The van der Waals surface area contributed by atoms with E-state index in [9.17, 15) is 0 Å². The van der Waals surface area contributed by atoms with E-state index in [2.05, 4.69) is 63.7 Å². The Bertz CT molecular complexity index is 678. The zero-order valence-electron chi connectivity index (χ0n) is 16.2. The molecule has 144 valence electrons. The molecular weight excluding hydrogens is 439 g/mol. The molecular formula is C19H31IN6. The van der Waals surface area contributed by atoms with Crippen LogP contribution in [0.25, 0.3) is 0 Å². The van der Waals surface area contributed by atoms with Crippen LogP contribution < -0.4 is 10.6 Å². The SMILES string of the molecule is CCN(CC)Cc1ccccc1CNC(=NC)NCc1ccnn1C.I. The predicted octanol–water partition coefficient (Wildman–Crippen LogP) is 2.75. The highest BCUT2D eigenvalue weighted by molar-refractivity contribution is 14.0. The lowest BCUT2D eigenvalue weighted by atomic mass is 10.1. The Kier molecular flexibility index (Phi) is 10.3. The van der Waals surface area contributed by atoms with E-state index in [0.717, 1.165) is 37.8 Å². The first-order valence-corrected chi connectivity index (χ1v) is 8.88. The number of halogens is 1. The van der Waals surface area contributed by atoms with Gasteiger partial charge in [0.25, 0.3) is 0 Å². The van der Waals surface area contributed by atoms with Crippen molar-refractivity contribution >= 4 is 29.9 Å². The molecule has 1 aromatic carbocycles. The molecule has 0 aliphatic rings. The number of aliphatic imine (C=N–C) groups is 1. The average Bonchev–Trinajstić information content (AvgIpc) is 3.05. The summed E-state index contributed by atoms with van der Waals surface area (Å²) in [5.74, 6) is 0.791. The van der Waals surface area contributed by atoms with Crippen molar-refractivity contribution in [3.05, 3.63) is 53.3 Å². The zero-order chi connectivity index (χ0) is 18.1. The summed E-state index contributed by atoms with van der Waals surface area (Å²) in [6.45, 7) is 8.95. The molecule has 0 saturated heterocycles. The first-order valence-electron chi connectivity index (χ1n) is 8.88. The van der Waals surface area contributed by atoms with Crippen LogP contribution in [0, 0.1) is 0 Å². The molecule has 0 atom stereocenters. The quantitative estimate of drug-likeness (QED) is 0.354. The minimum Gasteiger partial charge on any atom is -0.352 e. The van der Waals surface area contributed by atoms with Gasteiger partial charge in [-0.2, -0.15) is 5.10 Å². The average molecular weight is 470 g/mol. The monoisotopic (exact) mass is 470 g/mol. The van der Waals surface area contributed by atoms with Gasteiger partial charge in [0.2, 0.25) is 0 Å². The van der Waals surface area contributed by atoms with Gasteiger partial charge in [0.05, 0.1) is 12.2 Å². The molecule has 0 fully saturated rings. The normalized spacial score (nSPS) is 11.3. The summed E-state index contributed by atoms with van der Waals surface area (Å²) in [6, 6.07) is 10.6. The van der Waals surface area contributed by atoms with Crippen molar-refractivity contribution < 1.29 is 0 Å². The summed E-state index contributed by atoms with van der Waals surface area (Å²) < 4.78 is 1.86. The van der Waals surface area contributed by atoms with Crippen LogP contribution in [0.5, 0.6) is 0 Å². The maximum Gasteiger partial charge on any atom is 0.191 e. The van der Waals surface area contributed by atoms with Gasteiger partial charge < -0.3 is 10.6 Å². The second kappa shape index (κ2) is 11.9. The van der Waals surface area contributed by atoms with E-state index in [1.165, 1.54) is 11.1 Å². The Morgan fingerprint density at radius 1 is 1.08 bits per heavy atom. The van der Waals surface area contributed by atoms with E-state index in [4.69, 9.17) is 0 Å². The minimum absolute atomic E-state index is 0. The van der Waals surface area contributed by atoms with Gasteiger partial charge in [-0.25, -0.2) is 0 Å². The molecule has 0 radical (unpaired) electrons. The fourth-order valence-corrected chi connectivity index (χ4v) is 2.72. The lowest BCUT2D eigenvalue weighted by Gasteiger charge is -2.20. The fourth-order valence-electron chi connectivity index (χ4n) is 2.72. The van der Waals surface area contributed by atoms with Crippen LogP contribution in [-0.2, 0) is 26.7 Å². The summed E-state index contributed by atoms with van der Waals surface area (Å²) >= 11 is 0. The summed E-state index contributed by atoms with van der Waals surface area (Å²) in [7, 11) is 3.73. The van der Waals surface area contributed by atoms with Gasteiger partial charge in [-0.05, 0) is 30.3 Å². The Hall–Kier alpha value is -1.61. The van der Waals surface area contributed by atoms with Crippen LogP contribution in [0.3, 0.4) is 0 Å². The summed E-state index contributed by atoms with van der Waals surface area (Å²) in [5.41, 5.74) is 3.78. The number of guanidine groups is 1. The van der Waals surface area contributed by atoms with Gasteiger partial charge in [-0.1, -0.05) is 38.1 Å². The Balaban J connectivity index is 0.00000338. The molecule has 0 bridgehead atoms. The maximum absolute atomic E-state index is 4.31. The molecule has 6 nitrogen and oxygen atoms in total. The fraction of sp³-hybridized carbons (Fsp3) is 0.474. The lowest BCUT2D eigenvalue weighted by molar-refractivity contribution is 0.295. The van der Waals surface area contributed by atoms with Crippen molar-refractivity contribution in [3.63, 3.8) is 0 Å². The third-order valence-corrected chi connectivity index (χ3v) is 4.44. The van der Waals surface area contributed by atoms with Gasteiger partial charge >= 0.3 is 0 Å². The van der Waals surface area contributed by atoms with Gasteiger partial charge in [-0.3, -0.25) is 14.6 Å². The number of hydrogen-bond acceptors (Lipinski definition) is 3. The first-order chi connectivity index (χ1) is 12.2. The van der Waals surface area contributed by atoms with Crippen molar-refractivity contribution in [2.75, 3.05) is 20.1 Å². The van der Waals surface area contributed by atoms with Gasteiger partial charge in [0, 0.05) is 33.4 Å². The number of benzene rings is 1. The molecule has 0 aliphatic heterocycles. The van der Waals surface area contributed by atoms with E-state index in [0.29, 0.717) is 6.54 Å². The number of rotatable bonds is 8. The molecule has 0 unspecified atom stereocenters. The summed E-state index contributed by atoms with van der Waals surface area (Å²) in [4.78, 5) is 6.73. The third-order valence-electron chi connectivity index (χ3n) is 4.44. The van der Waals surface area contributed by atoms with Crippen molar-refractivity contribution in [1.82, 2.24) is 25.3 Å². The maximum atomic E-state index is 4.31. The molecule has 0 spiro atoms. The van der Waals surface area contributed by atoms with Crippen molar-refractivity contribution in [1.29, 1.82) is 0 Å². The number of aryl methyl sites for hydroxylation is 1. The number of nitrogens with one attached hydrogen (secondary N) is 2. The molecule has 2 N–H and O–H groups in total. The molecule has 7 heteroatoms. The number of hydrogen-bond donors (Lipinski definition) is 2. The van der Waals surface area contributed by atoms with Crippen LogP contribution >= 0.6 is 24.0 Å². The molecule has 0 aliphatic carbocycles. The summed E-state index contributed by atoms with van der Waals surface area (Å²) in [6.07, 6.45) is 1.80. The number of aromatic nitrogens is 2. The van der Waals surface area contributed by atoms with Crippen molar-refractivity contribution in [2.24, 2.45) is 12.0 Å². The largest absolute Gasteiger partial charge is 0.352 e. The van der Waals surface area contributed by atoms with Crippen LogP contribution in [-0.4, -0.2) is 40.8 Å². The number of nitrogens with zero attached hydrogens (tertiary/aromatic N) is 4. The highest BCUT2D eigenvalue weighted by atomic mass is 127. The Labute approximate surface area is 174 Å². The van der Waals surface area contributed by atoms with E-state index in [1.807, 2.05) is 17.8 Å². The summed E-state index contributed by atoms with van der Waals surface area (Å²) in [5, 5.41) is 10.9. The third kappa shape index (κ3) is 6.60. The molecule has 2 rings (SSSR count). The lowest BCUT2D eigenvalue weighted by Crippen LogP contribution is -2.37. The Morgan fingerprint density at radius 2 is 1.73 bits per heavy atom. The Morgan fingerprint density at radius 3 is 2.31 bits per heavy atom. The molecule has 0 amide bonds. The van der Waals surface area contributed by atoms with E-state index in [-0.39, 0.29) is 24.0 Å². The minimum atomic E-state index is 0. The first kappa shape index (κ1) is 22.4. The van der Waals surface area contributed by atoms with Gasteiger partial charge in [0.1, 0.15) is 0 Å². The zero-order valence-corrected chi connectivity index (χ0v) is 18.5. The van der Waals surface area contributed by atoms with Crippen LogP contribution in [0.1, 0.15) is 30.7 Å². The standard InChI is InChI=1S/C19H30N6.HI/c1-5-25(6-2)15-17-10-8-7-9-16(17)13-21-19(20-3)22-14-18-11-12-23-24(18)4;/h7-12H,5-6,13-15H2,1-4H3,(H2,20,21,22);1H. The second-order valence-corrected chi connectivity index (χ2v) is 5.96. The van der Waals surface area contributed by atoms with Crippen molar-refractivity contribution in [2.45, 2.75) is 33.5 Å².